The van der Waals surface area contributed by atoms with Gasteiger partial charge >= 0.3 is 6.09 Å². The molecule has 0 saturated carbocycles. The van der Waals surface area contributed by atoms with Crippen LogP contribution in [0.15, 0.2) is 12.4 Å². The smallest absolute Gasteiger partial charge is 0.410 e. The predicted octanol–water partition coefficient (Wildman–Crippen LogP) is 3.03. The molecule has 4 rings (SSSR count). The van der Waals surface area contributed by atoms with Crippen molar-refractivity contribution in [2.75, 3.05) is 25.0 Å². The minimum atomic E-state index is -0.533. The van der Waals surface area contributed by atoms with Crippen LogP contribution in [-0.4, -0.2) is 67.3 Å². The summed E-state index contributed by atoms with van der Waals surface area (Å²) in [5.74, 6) is 0.629. The molecule has 0 aromatic carbocycles. The average Bonchev–Trinajstić information content (AvgIpc) is 3.03. The third kappa shape index (κ3) is 3.29. The van der Waals surface area contributed by atoms with Crippen LogP contribution < -0.4 is 4.90 Å². The summed E-state index contributed by atoms with van der Waals surface area (Å²) in [5, 5.41) is 8.68. The number of amides is 1. The van der Waals surface area contributed by atoms with Gasteiger partial charge in [-0.3, -0.25) is 4.40 Å². The van der Waals surface area contributed by atoms with E-state index in [1.165, 1.54) is 0 Å². The summed E-state index contributed by atoms with van der Waals surface area (Å²) in [4.78, 5) is 24.8. The van der Waals surface area contributed by atoms with E-state index in [4.69, 9.17) is 27.9 Å². The summed E-state index contributed by atoms with van der Waals surface area (Å²) in [6.07, 6.45) is 1.23. The largest absolute Gasteiger partial charge is 0.444 e. The maximum absolute atomic E-state index is 12.3. The maximum atomic E-state index is 12.3. The van der Waals surface area contributed by atoms with Crippen LogP contribution in [0.2, 0.25) is 10.2 Å². The van der Waals surface area contributed by atoms with E-state index >= 15 is 0 Å². The number of hydrogen-bond donors (Lipinski definition) is 0. The first kappa shape index (κ1) is 18.9. The molecule has 1 amide bonds. The zero-order valence-electron chi connectivity index (χ0n) is 15.8. The summed E-state index contributed by atoms with van der Waals surface area (Å²) < 4.78 is 7.20. The fraction of sp³-hybridized carbons (Fsp3) is 0.471. The minimum absolute atomic E-state index is 0.0112. The van der Waals surface area contributed by atoms with Crippen LogP contribution in [0.5, 0.6) is 0 Å². The number of rotatable bonds is 2. The van der Waals surface area contributed by atoms with Gasteiger partial charge in [0.15, 0.2) is 11.5 Å². The van der Waals surface area contributed by atoms with E-state index in [-0.39, 0.29) is 17.3 Å². The molecule has 1 saturated heterocycles. The van der Waals surface area contributed by atoms with Gasteiger partial charge in [0.1, 0.15) is 17.1 Å². The SMILES string of the molecule is CN(C(=O)OC(C)(C)C)C1CN(c2nc3nc(Cl)c(Cl)cc3n3cnnc23)C1. The molecule has 148 valence electrons. The number of fused-ring (bicyclic) bond motifs is 3. The summed E-state index contributed by atoms with van der Waals surface area (Å²) in [5.41, 5.74) is 1.17. The van der Waals surface area contributed by atoms with Crippen LogP contribution in [-0.2, 0) is 4.74 Å². The first-order chi connectivity index (χ1) is 13.1. The maximum Gasteiger partial charge on any atom is 0.410 e. The summed E-state index contributed by atoms with van der Waals surface area (Å²) in [6, 6.07) is 1.70. The second kappa shape index (κ2) is 6.59. The lowest BCUT2D eigenvalue weighted by atomic mass is 10.1. The molecule has 1 aliphatic heterocycles. The zero-order chi connectivity index (χ0) is 20.2. The molecule has 0 radical (unpaired) electrons. The number of anilines is 1. The van der Waals surface area contributed by atoms with Crippen LogP contribution in [0.3, 0.4) is 0 Å². The van der Waals surface area contributed by atoms with Gasteiger partial charge < -0.3 is 14.5 Å². The van der Waals surface area contributed by atoms with Gasteiger partial charge in [0.05, 0.1) is 16.6 Å². The second-order valence-corrected chi connectivity index (χ2v) is 8.48. The fourth-order valence-electron chi connectivity index (χ4n) is 2.99. The van der Waals surface area contributed by atoms with E-state index in [1.54, 1.807) is 28.7 Å². The monoisotopic (exact) mass is 423 g/mol. The molecule has 3 aromatic heterocycles. The van der Waals surface area contributed by atoms with E-state index < -0.39 is 5.60 Å². The van der Waals surface area contributed by atoms with E-state index in [0.717, 1.165) is 0 Å². The molecule has 1 fully saturated rings. The van der Waals surface area contributed by atoms with Gasteiger partial charge in [-0.25, -0.2) is 14.8 Å². The third-order valence-corrected chi connectivity index (χ3v) is 5.18. The van der Waals surface area contributed by atoms with Crippen LogP contribution in [0.1, 0.15) is 20.8 Å². The molecule has 9 nitrogen and oxygen atoms in total. The molecule has 11 heteroatoms. The van der Waals surface area contributed by atoms with Crippen molar-refractivity contribution in [3.05, 3.63) is 22.6 Å². The third-order valence-electron chi connectivity index (χ3n) is 4.50. The molecular formula is C17H19Cl2N7O2. The topological polar surface area (TPSA) is 88.8 Å². The summed E-state index contributed by atoms with van der Waals surface area (Å²) in [6.45, 7) is 6.72. The highest BCUT2D eigenvalue weighted by atomic mass is 35.5. The van der Waals surface area contributed by atoms with Crippen molar-refractivity contribution in [1.82, 2.24) is 29.5 Å². The van der Waals surface area contributed by atoms with Crippen molar-refractivity contribution >= 4 is 51.9 Å². The Kier molecular flexibility index (Phi) is 4.46. The summed E-state index contributed by atoms with van der Waals surface area (Å²) >= 11 is 12.1. The Bertz CT molecular complexity index is 1070. The van der Waals surface area contributed by atoms with E-state index in [2.05, 4.69) is 20.2 Å². The summed E-state index contributed by atoms with van der Waals surface area (Å²) in [7, 11) is 1.74. The van der Waals surface area contributed by atoms with Gasteiger partial charge in [-0.2, -0.15) is 0 Å². The minimum Gasteiger partial charge on any atom is -0.444 e. The van der Waals surface area contributed by atoms with Crippen molar-refractivity contribution in [3.63, 3.8) is 0 Å². The molecule has 1 aliphatic rings. The van der Waals surface area contributed by atoms with Gasteiger partial charge in [0.25, 0.3) is 0 Å². The molecule has 28 heavy (non-hydrogen) atoms. The number of carbonyl (C=O) groups is 1. The highest BCUT2D eigenvalue weighted by Gasteiger charge is 2.36. The molecule has 0 unspecified atom stereocenters. The van der Waals surface area contributed by atoms with Gasteiger partial charge in [-0.1, -0.05) is 23.2 Å². The van der Waals surface area contributed by atoms with E-state index in [0.29, 0.717) is 40.7 Å². The molecule has 0 atom stereocenters. The van der Waals surface area contributed by atoms with Crippen molar-refractivity contribution in [1.29, 1.82) is 0 Å². The van der Waals surface area contributed by atoms with Crippen molar-refractivity contribution in [3.8, 4) is 0 Å². The normalized spacial score (nSPS) is 15.1. The lowest BCUT2D eigenvalue weighted by Crippen LogP contribution is -2.60. The Morgan fingerprint density at radius 1 is 1.29 bits per heavy atom. The second-order valence-electron chi connectivity index (χ2n) is 7.71. The Balaban J connectivity index is 1.60. The highest BCUT2D eigenvalue weighted by Crippen LogP contribution is 2.30. The highest BCUT2D eigenvalue weighted by molar-refractivity contribution is 6.41. The Morgan fingerprint density at radius 3 is 2.68 bits per heavy atom. The van der Waals surface area contributed by atoms with Crippen LogP contribution >= 0.6 is 23.2 Å². The van der Waals surface area contributed by atoms with Gasteiger partial charge in [-0.05, 0) is 26.8 Å². The molecule has 0 aliphatic carbocycles. The standard InChI is InChI=1S/C17H19Cl2N7O2/c1-17(2,3)28-16(27)24(4)9-6-25(7-9)14-15-23-20-8-26(15)11-5-10(18)12(19)21-13(11)22-14/h5,8-9H,6-7H2,1-4H3. The van der Waals surface area contributed by atoms with Crippen LogP contribution in [0.4, 0.5) is 10.6 Å². The number of carbonyl (C=O) groups excluding carboxylic acids is 1. The number of ether oxygens (including phenoxy) is 1. The van der Waals surface area contributed by atoms with Crippen molar-refractivity contribution < 1.29 is 9.53 Å². The first-order valence-electron chi connectivity index (χ1n) is 8.70. The Hall–Kier alpha value is -2.39. The predicted molar refractivity (Wildman–Crippen MR) is 106 cm³/mol. The fourth-order valence-corrected chi connectivity index (χ4v) is 3.27. The first-order valence-corrected chi connectivity index (χ1v) is 9.46. The number of pyridine rings is 1. The van der Waals surface area contributed by atoms with Crippen LogP contribution in [0, 0.1) is 0 Å². The van der Waals surface area contributed by atoms with Gasteiger partial charge in [0, 0.05) is 20.1 Å². The molecule has 3 aromatic rings. The molecular weight excluding hydrogens is 405 g/mol. The van der Waals surface area contributed by atoms with Crippen molar-refractivity contribution in [2.45, 2.75) is 32.4 Å². The zero-order valence-corrected chi connectivity index (χ0v) is 17.4. The van der Waals surface area contributed by atoms with Crippen LogP contribution in [0.25, 0.3) is 16.8 Å². The number of likely N-dealkylation sites (N-methyl/N-ethyl adjacent to an activating group) is 1. The molecule has 0 bridgehead atoms. The van der Waals surface area contributed by atoms with E-state index in [9.17, 15) is 4.79 Å². The van der Waals surface area contributed by atoms with E-state index in [1.807, 2.05) is 25.7 Å². The number of aromatic nitrogens is 5. The van der Waals surface area contributed by atoms with Gasteiger partial charge in [-0.15, -0.1) is 10.2 Å². The van der Waals surface area contributed by atoms with Gasteiger partial charge in [0.2, 0.25) is 5.65 Å². The molecule has 0 N–H and O–H groups in total. The van der Waals surface area contributed by atoms with Crippen molar-refractivity contribution in [2.24, 2.45) is 0 Å². The number of nitrogens with zero attached hydrogens (tertiary/aromatic N) is 7. The Labute approximate surface area is 171 Å². The molecule has 0 spiro atoms. The molecule has 4 heterocycles. The average molecular weight is 424 g/mol. The Morgan fingerprint density at radius 2 is 2.00 bits per heavy atom. The number of hydrogen-bond acceptors (Lipinski definition) is 7. The lowest BCUT2D eigenvalue weighted by Gasteiger charge is -2.44. The quantitative estimate of drug-likeness (QED) is 0.585. The lowest BCUT2D eigenvalue weighted by molar-refractivity contribution is 0.0197. The number of halogens is 2.